The molecule has 0 saturated heterocycles. The van der Waals surface area contributed by atoms with Crippen molar-refractivity contribution in [3.8, 4) is 0 Å². The Labute approximate surface area is 169 Å². The van der Waals surface area contributed by atoms with Crippen LogP contribution in [0, 0.1) is 17.6 Å². The van der Waals surface area contributed by atoms with E-state index in [2.05, 4.69) is 0 Å². The molecule has 3 rings (SSSR count). The zero-order valence-corrected chi connectivity index (χ0v) is 16.9. The molecule has 1 fully saturated rings. The highest BCUT2D eigenvalue weighted by atomic mass is 35.5. The van der Waals surface area contributed by atoms with Crippen LogP contribution in [0.15, 0.2) is 47.4 Å². The van der Waals surface area contributed by atoms with Crippen LogP contribution < -0.4 is 0 Å². The third kappa shape index (κ3) is 3.95. The lowest BCUT2D eigenvalue weighted by molar-refractivity contribution is 0.229. The Morgan fingerprint density at radius 1 is 1.14 bits per heavy atom. The summed E-state index contributed by atoms with van der Waals surface area (Å²) in [6.45, 7) is 0.0156. The lowest BCUT2D eigenvalue weighted by atomic mass is 9.75. The maximum absolute atomic E-state index is 14.8. The summed E-state index contributed by atoms with van der Waals surface area (Å²) >= 11 is 5.90. The number of rotatable bonds is 6. The normalized spacial score (nSPS) is 22.9. The number of benzene rings is 2. The second kappa shape index (κ2) is 8.47. The molecule has 0 bridgehead atoms. The van der Waals surface area contributed by atoms with Crippen LogP contribution in [0.3, 0.4) is 0 Å². The first-order valence-corrected chi connectivity index (χ1v) is 11.2. The molecule has 1 aliphatic rings. The highest BCUT2D eigenvalue weighted by Crippen LogP contribution is 2.50. The summed E-state index contributed by atoms with van der Waals surface area (Å²) in [7, 11) is -4.02. The van der Waals surface area contributed by atoms with Gasteiger partial charge in [0.05, 0.1) is 4.90 Å². The zero-order valence-electron chi connectivity index (χ0n) is 15.4. The maximum Gasteiger partial charge on any atom is 0.188 e. The lowest BCUT2D eigenvalue weighted by Gasteiger charge is -2.41. The van der Waals surface area contributed by atoms with Gasteiger partial charge in [0.1, 0.15) is 16.4 Å². The molecule has 1 saturated carbocycles. The van der Waals surface area contributed by atoms with Gasteiger partial charge in [-0.25, -0.2) is 17.2 Å². The molecule has 0 unspecified atom stereocenters. The molecule has 0 amide bonds. The molecule has 7 heteroatoms. The van der Waals surface area contributed by atoms with Gasteiger partial charge >= 0.3 is 0 Å². The van der Waals surface area contributed by atoms with Crippen molar-refractivity contribution in [2.24, 2.45) is 5.92 Å². The number of hydrogen-bond acceptors (Lipinski definition) is 3. The van der Waals surface area contributed by atoms with E-state index in [9.17, 15) is 17.2 Å². The number of aliphatic hydroxyl groups excluding tert-OH is 1. The summed E-state index contributed by atoms with van der Waals surface area (Å²) in [5.74, 6) is -1.38. The Morgan fingerprint density at radius 3 is 2.54 bits per heavy atom. The van der Waals surface area contributed by atoms with E-state index >= 15 is 0 Å². The summed E-state index contributed by atoms with van der Waals surface area (Å²) in [4.78, 5) is 0.0448. The predicted molar refractivity (Wildman–Crippen MR) is 105 cm³/mol. The average molecular weight is 429 g/mol. The fraction of sp³-hybridized carbons (Fsp3) is 0.429. The van der Waals surface area contributed by atoms with E-state index < -0.39 is 26.2 Å². The number of aliphatic hydroxyl groups is 1. The minimum atomic E-state index is -4.02. The summed E-state index contributed by atoms with van der Waals surface area (Å²) in [5, 5.41) is 9.55. The molecular weight excluding hydrogens is 406 g/mol. The van der Waals surface area contributed by atoms with E-state index in [1.165, 1.54) is 24.3 Å². The van der Waals surface area contributed by atoms with Crippen molar-refractivity contribution in [2.45, 2.75) is 48.2 Å². The van der Waals surface area contributed by atoms with Crippen molar-refractivity contribution in [3.63, 3.8) is 0 Å². The lowest BCUT2D eigenvalue weighted by Crippen LogP contribution is -2.41. The molecule has 2 atom stereocenters. The second-order valence-electron chi connectivity index (χ2n) is 7.40. The van der Waals surface area contributed by atoms with Gasteiger partial charge in [0.25, 0.3) is 0 Å². The first-order chi connectivity index (χ1) is 13.3. The van der Waals surface area contributed by atoms with Gasteiger partial charge < -0.3 is 5.11 Å². The number of halogens is 3. The third-order valence-electron chi connectivity index (χ3n) is 5.64. The molecule has 3 nitrogen and oxygen atoms in total. The summed E-state index contributed by atoms with van der Waals surface area (Å²) in [5.41, 5.74) is -0.115. The Bertz CT molecular complexity index is 931. The van der Waals surface area contributed by atoms with Gasteiger partial charge in [0.2, 0.25) is 0 Å². The van der Waals surface area contributed by atoms with Crippen LogP contribution in [-0.2, 0) is 14.6 Å². The molecule has 152 valence electrons. The summed E-state index contributed by atoms with van der Waals surface area (Å²) < 4.78 is 54.7. The van der Waals surface area contributed by atoms with Gasteiger partial charge in [-0.15, -0.1) is 0 Å². The zero-order chi connectivity index (χ0) is 20.4. The van der Waals surface area contributed by atoms with E-state index in [-0.39, 0.29) is 35.8 Å². The highest BCUT2D eigenvalue weighted by Gasteiger charge is 2.50. The van der Waals surface area contributed by atoms with Gasteiger partial charge in [0.15, 0.2) is 9.84 Å². The molecule has 1 N–H and O–H groups in total. The first kappa shape index (κ1) is 21.2. The van der Waals surface area contributed by atoms with Crippen LogP contribution in [0.4, 0.5) is 8.78 Å². The van der Waals surface area contributed by atoms with Crippen LogP contribution in [0.1, 0.15) is 44.1 Å². The molecule has 2 aromatic rings. The van der Waals surface area contributed by atoms with Crippen LogP contribution in [0.2, 0.25) is 5.02 Å². The Balaban J connectivity index is 2.17. The van der Waals surface area contributed by atoms with Gasteiger partial charge in [-0.3, -0.25) is 0 Å². The fourth-order valence-corrected chi connectivity index (χ4v) is 6.68. The van der Waals surface area contributed by atoms with E-state index in [4.69, 9.17) is 16.7 Å². The van der Waals surface area contributed by atoms with Gasteiger partial charge in [0, 0.05) is 17.2 Å². The molecule has 0 heterocycles. The van der Waals surface area contributed by atoms with Gasteiger partial charge in [-0.05, 0) is 74.1 Å². The predicted octanol–water partition coefficient (Wildman–Crippen LogP) is 5.25. The van der Waals surface area contributed by atoms with Crippen molar-refractivity contribution in [1.29, 1.82) is 0 Å². The van der Waals surface area contributed by atoms with Crippen LogP contribution in [0.5, 0.6) is 0 Å². The maximum atomic E-state index is 14.8. The Morgan fingerprint density at radius 2 is 1.86 bits per heavy atom. The van der Waals surface area contributed by atoms with Crippen LogP contribution >= 0.6 is 11.6 Å². The molecule has 0 aromatic heterocycles. The molecule has 2 aromatic carbocycles. The molecule has 28 heavy (non-hydrogen) atoms. The largest absolute Gasteiger partial charge is 0.396 e. The molecular formula is C21H23ClF2O3S. The van der Waals surface area contributed by atoms with E-state index in [1.54, 1.807) is 0 Å². The topological polar surface area (TPSA) is 54.4 Å². The summed E-state index contributed by atoms with van der Waals surface area (Å²) in [6.07, 6.45) is 2.98. The Hall–Kier alpha value is -1.50. The standard InChI is InChI=1S/C21H23ClF2O3S/c22-16-5-8-18(9-6-16)28(26,27)21(19-13-17(23)7-10-20(19)24)11-1-3-15(14-21)4-2-12-25/h5-10,13,15,25H,1-4,11-12,14H2/t15-,21+/m1/s1. The van der Waals surface area contributed by atoms with Crippen LogP contribution in [0.25, 0.3) is 0 Å². The minimum absolute atomic E-state index is 0.00522. The molecule has 0 aliphatic heterocycles. The van der Waals surface area contributed by atoms with E-state index in [0.717, 1.165) is 24.6 Å². The highest BCUT2D eigenvalue weighted by molar-refractivity contribution is 7.92. The van der Waals surface area contributed by atoms with Gasteiger partial charge in [-0.1, -0.05) is 24.4 Å². The van der Waals surface area contributed by atoms with Gasteiger partial charge in [-0.2, -0.15) is 0 Å². The smallest absolute Gasteiger partial charge is 0.188 e. The quantitative estimate of drug-likeness (QED) is 0.683. The first-order valence-electron chi connectivity index (χ1n) is 9.37. The molecule has 0 spiro atoms. The average Bonchev–Trinajstić information content (AvgIpc) is 2.68. The fourth-order valence-electron chi connectivity index (χ4n) is 4.29. The van der Waals surface area contributed by atoms with Crippen molar-refractivity contribution < 1.29 is 22.3 Å². The monoisotopic (exact) mass is 428 g/mol. The van der Waals surface area contributed by atoms with E-state index in [0.29, 0.717) is 24.3 Å². The Kier molecular flexibility index (Phi) is 6.42. The van der Waals surface area contributed by atoms with Crippen LogP contribution in [-0.4, -0.2) is 20.1 Å². The van der Waals surface area contributed by atoms with Crippen molar-refractivity contribution in [2.75, 3.05) is 6.61 Å². The number of sulfone groups is 1. The van der Waals surface area contributed by atoms with Crippen molar-refractivity contribution in [1.82, 2.24) is 0 Å². The summed E-state index contributed by atoms with van der Waals surface area (Å²) in [6, 6.07) is 8.78. The van der Waals surface area contributed by atoms with Crippen molar-refractivity contribution in [3.05, 3.63) is 64.7 Å². The number of hydrogen-bond donors (Lipinski definition) is 1. The third-order valence-corrected chi connectivity index (χ3v) is 8.40. The van der Waals surface area contributed by atoms with E-state index in [1.807, 2.05) is 0 Å². The SMILES string of the molecule is O=S(=O)(c1ccc(Cl)cc1)[C@@]1(c2cc(F)ccc2F)CCC[C@H](CCCO)C1. The minimum Gasteiger partial charge on any atom is -0.396 e. The van der Waals surface area contributed by atoms with Crippen molar-refractivity contribution >= 4 is 21.4 Å². The molecule has 1 aliphatic carbocycles. The second-order valence-corrected chi connectivity index (χ2v) is 10.1. The molecule has 0 radical (unpaired) electrons.